The Morgan fingerprint density at radius 2 is 1.65 bits per heavy atom. The molecule has 0 amide bonds. The van der Waals surface area contributed by atoms with Gasteiger partial charge in [-0.25, -0.2) is 4.79 Å². The van der Waals surface area contributed by atoms with E-state index in [1.54, 1.807) is 12.1 Å². The Labute approximate surface area is 187 Å². The molecule has 0 saturated heterocycles. The number of rotatable bonds is 13. The number of nitrogens with zero attached hydrogens (tertiary/aromatic N) is 1. The third kappa shape index (κ3) is 7.84. The van der Waals surface area contributed by atoms with E-state index in [-0.39, 0.29) is 11.8 Å². The highest BCUT2D eigenvalue weighted by molar-refractivity contribution is 5.90. The SMILES string of the molecule is CCCCCCCCCOOC(=O)c1ccc(-c2ccccc2)c([C@@H](C#N)C(C)C)c1. The molecule has 0 heterocycles. The zero-order chi connectivity index (χ0) is 22.5. The highest BCUT2D eigenvalue weighted by Gasteiger charge is 2.22. The molecule has 1 atom stereocenters. The van der Waals surface area contributed by atoms with E-state index >= 15 is 0 Å². The fraction of sp³-hybridized carbons (Fsp3) is 0.481. The van der Waals surface area contributed by atoms with Gasteiger partial charge in [0.25, 0.3) is 0 Å². The van der Waals surface area contributed by atoms with Gasteiger partial charge in [-0.1, -0.05) is 95.7 Å². The lowest BCUT2D eigenvalue weighted by Gasteiger charge is -2.19. The lowest BCUT2D eigenvalue weighted by atomic mass is 9.84. The molecule has 0 unspecified atom stereocenters. The van der Waals surface area contributed by atoms with E-state index < -0.39 is 5.97 Å². The molecule has 0 radical (unpaired) electrons. The Morgan fingerprint density at radius 3 is 2.29 bits per heavy atom. The Bertz CT molecular complexity index is 839. The highest BCUT2D eigenvalue weighted by atomic mass is 17.2. The van der Waals surface area contributed by atoms with Crippen LogP contribution in [0.4, 0.5) is 0 Å². The normalized spacial score (nSPS) is 11.8. The third-order valence-electron chi connectivity index (χ3n) is 5.48. The summed E-state index contributed by atoms with van der Waals surface area (Å²) in [5.41, 5.74) is 3.22. The summed E-state index contributed by atoms with van der Waals surface area (Å²) in [5.74, 6) is -0.729. The molecule has 0 fully saturated rings. The maximum absolute atomic E-state index is 12.5. The molecular formula is C27H35NO3. The molecule has 31 heavy (non-hydrogen) atoms. The van der Waals surface area contributed by atoms with Gasteiger partial charge < -0.3 is 0 Å². The molecular weight excluding hydrogens is 386 g/mol. The zero-order valence-electron chi connectivity index (χ0n) is 19.1. The van der Waals surface area contributed by atoms with Crippen LogP contribution in [0, 0.1) is 17.2 Å². The van der Waals surface area contributed by atoms with Gasteiger partial charge in [-0.15, -0.1) is 0 Å². The molecule has 0 N–H and O–H groups in total. The number of hydrogen-bond acceptors (Lipinski definition) is 4. The molecule has 2 aromatic rings. The molecule has 0 saturated carbocycles. The quantitative estimate of drug-likeness (QED) is 0.191. The van der Waals surface area contributed by atoms with Gasteiger partial charge in [-0.3, -0.25) is 4.89 Å². The van der Waals surface area contributed by atoms with Gasteiger partial charge in [0, 0.05) is 0 Å². The highest BCUT2D eigenvalue weighted by Crippen LogP contribution is 2.34. The number of carbonyl (C=O) groups is 1. The summed E-state index contributed by atoms with van der Waals surface area (Å²) < 4.78 is 0. The monoisotopic (exact) mass is 421 g/mol. The molecule has 4 nitrogen and oxygen atoms in total. The van der Waals surface area contributed by atoms with Crippen LogP contribution in [0.15, 0.2) is 48.5 Å². The lowest BCUT2D eigenvalue weighted by Crippen LogP contribution is -2.11. The summed E-state index contributed by atoms with van der Waals surface area (Å²) in [4.78, 5) is 22.7. The first kappa shape index (κ1) is 24.6. The minimum absolute atomic E-state index is 0.118. The van der Waals surface area contributed by atoms with E-state index in [2.05, 4.69) is 13.0 Å². The average molecular weight is 422 g/mol. The molecule has 0 aliphatic rings. The molecule has 0 spiro atoms. The average Bonchev–Trinajstić information content (AvgIpc) is 2.78. The van der Waals surface area contributed by atoms with Crippen LogP contribution in [0.3, 0.4) is 0 Å². The Hall–Kier alpha value is -2.64. The van der Waals surface area contributed by atoms with Gasteiger partial charge in [-0.05, 0) is 41.2 Å². The first-order valence-corrected chi connectivity index (χ1v) is 11.5. The fourth-order valence-corrected chi connectivity index (χ4v) is 3.67. The summed E-state index contributed by atoms with van der Waals surface area (Å²) in [6.07, 6.45) is 8.22. The van der Waals surface area contributed by atoms with Crippen molar-refractivity contribution in [3.05, 3.63) is 59.7 Å². The van der Waals surface area contributed by atoms with E-state index in [0.717, 1.165) is 29.5 Å². The van der Waals surface area contributed by atoms with Crippen molar-refractivity contribution in [3.8, 4) is 17.2 Å². The van der Waals surface area contributed by atoms with Crippen LogP contribution in [-0.2, 0) is 9.78 Å². The third-order valence-corrected chi connectivity index (χ3v) is 5.48. The minimum atomic E-state index is -0.524. The summed E-state index contributed by atoms with van der Waals surface area (Å²) in [6, 6.07) is 17.7. The van der Waals surface area contributed by atoms with E-state index in [1.165, 1.54) is 32.1 Å². The first-order valence-electron chi connectivity index (χ1n) is 11.5. The van der Waals surface area contributed by atoms with Gasteiger partial charge >= 0.3 is 5.97 Å². The molecule has 4 heteroatoms. The van der Waals surface area contributed by atoms with Crippen LogP contribution in [0.25, 0.3) is 11.1 Å². The predicted octanol–water partition coefficient (Wildman–Crippen LogP) is 7.46. The van der Waals surface area contributed by atoms with Crippen molar-refractivity contribution in [1.29, 1.82) is 5.26 Å². The van der Waals surface area contributed by atoms with Crippen LogP contribution in [0.5, 0.6) is 0 Å². The van der Waals surface area contributed by atoms with Crippen molar-refractivity contribution >= 4 is 5.97 Å². The summed E-state index contributed by atoms with van der Waals surface area (Å²) in [6.45, 7) is 6.64. The number of benzene rings is 2. The molecule has 2 aromatic carbocycles. The summed E-state index contributed by atoms with van der Waals surface area (Å²) in [7, 11) is 0. The molecule has 166 valence electrons. The van der Waals surface area contributed by atoms with Gasteiger partial charge in [0.05, 0.1) is 24.2 Å². The summed E-state index contributed by atoms with van der Waals surface area (Å²) >= 11 is 0. The van der Waals surface area contributed by atoms with Crippen LogP contribution in [0.2, 0.25) is 0 Å². The maximum Gasteiger partial charge on any atom is 0.373 e. The Morgan fingerprint density at radius 1 is 0.968 bits per heavy atom. The molecule has 0 aliphatic heterocycles. The first-order chi connectivity index (χ1) is 15.1. The van der Waals surface area contributed by atoms with E-state index in [0.29, 0.717) is 12.2 Å². The van der Waals surface area contributed by atoms with Crippen LogP contribution in [0.1, 0.15) is 87.6 Å². The smallest absolute Gasteiger partial charge is 0.293 e. The van der Waals surface area contributed by atoms with Gasteiger partial charge in [0.15, 0.2) is 0 Å². The zero-order valence-corrected chi connectivity index (χ0v) is 19.1. The van der Waals surface area contributed by atoms with Crippen molar-refractivity contribution in [2.45, 2.75) is 71.6 Å². The van der Waals surface area contributed by atoms with Gasteiger partial charge in [0.2, 0.25) is 0 Å². The van der Waals surface area contributed by atoms with Crippen molar-refractivity contribution in [2.24, 2.45) is 5.92 Å². The Balaban J connectivity index is 2.00. The van der Waals surface area contributed by atoms with E-state index in [9.17, 15) is 10.1 Å². The van der Waals surface area contributed by atoms with Crippen molar-refractivity contribution < 1.29 is 14.6 Å². The van der Waals surface area contributed by atoms with Crippen LogP contribution >= 0.6 is 0 Å². The largest absolute Gasteiger partial charge is 0.373 e. The van der Waals surface area contributed by atoms with E-state index in [4.69, 9.17) is 9.78 Å². The molecule has 0 aliphatic carbocycles. The number of hydrogen-bond donors (Lipinski definition) is 0. The molecule has 0 bridgehead atoms. The van der Waals surface area contributed by atoms with Crippen molar-refractivity contribution in [1.82, 2.24) is 0 Å². The number of carbonyl (C=O) groups excluding carboxylic acids is 1. The second-order valence-electron chi connectivity index (χ2n) is 8.33. The molecule has 0 aromatic heterocycles. The van der Waals surface area contributed by atoms with Crippen molar-refractivity contribution in [3.63, 3.8) is 0 Å². The predicted molar refractivity (Wildman–Crippen MR) is 124 cm³/mol. The topological polar surface area (TPSA) is 59.3 Å². The van der Waals surface area contributed by atoms with Crippen LogP contribution < -0.4 is 0 Å². The van der Waals surface area contributed by atoms with Crippen LogP contribution in [-0.4, -0.2) is 12.6 Å². The standard InChI is InChI=1S/C27H35NO3/c1-4-5-6-7-8-9-13-18-30-31-27(29)23-16-17-24(22-14-11-10-12-15-22)25(19-23)26(20-28)21(2)3/h10-12,14-17,19,21,26H,4-9,13,18H2,1-3H3/t26-/m0/s1. The second kappa shape index (κ2) is 13.6. The minimum Gasteiger partial charge on any atom is -0.293 e. The van der Waals surface area contributed by atoms with Gasteiger partial charge in [0.1, 0.15) is 0 Å². The number of unbranched alkanes of at least 4 members (excludes halogenated alkanes) is 6. The fourth-order valence-electron chi connectivity index (χ4n) is 3.67. The van der Waals surface area contributed by atoms with Gasteiger partial charge in [-0.2, -0.15) is 10.1 Å². The Kier molecular flexibility index (Phi) is 10.8. The summed E-state index contributed by atoms with van der Waals surface area (Å²) in [5, 5.41) is 9.75. The van der Waals surface area contributed by atoms with Crippen molar-refractivity contribution in [2.75, 3.05) is 6.61 Å². The number of nitriles is 1. The maximum atomic E-state index is 12.5. The van der Waals surface area contributed by atoms with E-state index in [1.807, 2.05) is 50.2 Å². The lowest BCUT2D eigenvalue weighted by molar-refractivity contribution is -0.241. The second-order valence-corrected chi connectivity index (χ2v) is 8.33. The molecule has 2 rings (SSSR count).